The van der Waals surface area contributed by atoms with Gasteiger partial charge in [-0.2, -0.15) is 0 Å². The number of ketones is 2. The summed E-state index contributed by atoms with van der Waals surface area (Å²) in [5, 5.41) is 0. The summed E-state index contributed by atoms with van der Waals surface area (Å²) >= 11 is 0. The lowest BCUT2D eigenvalue weighted by atomic mass is 9.88. The lowest BCUT2D eigenvalue weighted by Crippen LogP contribution is -3.12. The lowest BCUT2D eigenvalue weighted by molar-refractivity contribution is -0.901. The summed E-state index contributed by atoms with van der Waals surface area (Å²) in [7, 11) is 3.31. The van der Waals surface area contributed by atoms with E-state index in [9.17, 15) is 9.59 Å². The minimum absolute atomic E-state index is 0. The van der Waals surface area contributed by atoms with Gasteiger partial charge in [-0.05, 0) is 113 Å². The van der Waals surface area contributed by atoms with Crippen LogP contribution in [0.5, 0.6) is 11.5 Å². The summed E-state index contributed by atoms with van der Waals surface area (Å²) in [6.07, 6.45) is 14.0. The summed E-state index contributed by atoms with van der Waals surface area (Å²) in [4.78, 5) is 30.7. The topological polar surface area (TPSA) is 61.5 Å². The van der Waals surface area contributed by atoms with E-state index < -0.39 is 0 Å². The van der Waals surface area contributed by atoms with Crippen LogP contribution in [0.25, 0.3) is 0 Å². The van der Waals surface area contributed by atoms with Crippen LogP contribution in [0.15, 0.2) is 48.5 Å². The molecule has 2 heterocycles. The standard InChI is InChI=1S/C36H52N2O4.3ClH/c1-41-33-19-15-29(16-20-33)35(39)31(27-37-23-9-3-4-10-24-37)13-7-8-14-32(28-38-25-11-5-6-12-26-38)36(40)30-17-21-34(42-2)22-18-30;;;/h15-22,31-32H,3-14,23-28H2,1-2H3;3*1H. The van der Waals surface area contributed by atoms with Crippen molar-refractivity contribution >= 4 is 24.0 Å². The highest BCUT2D eigenvalue weighted by Crippen LogP contribution is 2.22. The van der Waals surface area contributed by atoms with Crippen LogP contribution >= 0.6 is 12.4 Å². The molecule has 0 aromatic heterocycles. The van der Waals surface area contributed by atoms with Gasteiger partial charge in [0.1, 0.15) is 11.5 Å². The third-order valence-corrected chi connectivity index (χ3v) is 9.54. The number of rotatable bonds is 15. The highest BCUT2D eigenvalue weighted by Gasteiger charge is 2.28. The Labute approximate surface area is 290 Å². The molecule has 2 fully saturated rings. The van der Waals surface area contributed by atoms with Crippen LogP contribution in [0.3, 0.4) is 0 Å². The molecule has 2 N–H and O–H groups in total. The van der Waals surface area contributed by atoms with Gasteiger partial charge in [0.05, 0.1) is 65.3 Å². The number of halogens is 3. The van der Waals surface area contributed by atoms with Crippen molar-refractivity contribution in [2.24, 2.45) is 11.8 Å². The Balaban J connectivity index is 0.00000337. The van der Waals surface area contributed by atoms with Gasteiger partial charge in [0.2, 0.25) is 0 Å². The zero-order chi connectivity index (χ0) is 29.6. The SMILES string of the molecule is COc1ccc(C(=O)C(CCCCC(C[NH+]2CCCCCC2)C(=O)c2ccc(OC)cc2)C[NH+]2CCCCCC2)cc1.Cl.[Cl-].[Cl-]. The van der Waals surface area contributed by atoms with Crippen LogP contribution < -0.4 is 44.1 Å². The second kappa shape index (κ2) is 22.7. The van der Waals surface area contributed by atoms with Gasteiger partial charge in [-0.3, -0.25) is 9.59 Å². The first-order valence-electron chi connectivity index (χ1n) is 16.6. The molecule has 0 radical (unpaired) electrons. The molecule has 0 amide bonds. The van der Waals surface area contributed by atoms with E-state index in [-0.39, 0.29) is 60.6 Å². The van der Waals surface area contributed by atoms with Gasteiger partial charge >= 0.3 is 0 Å². The number of nitrogens with one attached hydrogen (secondary N) is 2. The van der Waals surface area contributed by atoms with Crippen molar-refractivity contribution in [2.45, 2.75) is 77.0 Å². The molecular weight excluding hydrogens is 631 g/mol. The summed E-state index contributed by atoms with van der Waals surface area (Å²) in [5.41, 5.74) is 1.57. The molecule has 2 saturated heterocycles. The first kappa shape index (κ1) is 41.2. The third kappa shape index (κ3) is 13.4. The van der Waals surface area contributed by atoms with Crippen molar-refractivity contribution in [3.8, 4) is 11.5 Å². The number of Topliss-reactive ketones (excluding diaryl/α,β-unsaturated/α-hetero) is 2. The number of quaternary nitrogens is 2. The molecule has 4 rings (SSSR count). The Morgan fingerprint density at radius 2 is 0.889 bits per heavy atom. The average molecular weight is 686 g/mol. The minimum Gasteiger partial charge on any atom is -1.00 e. The number of likely N-dealkylation sites (tertiary alicyclic amines) is 2. The third-order valence-electron chi connectivity index (χ3n) is 9.54. The number of ether oxygens (including phenoxy) is 2. The molecule has 0 spiro atoms. The fourth-order valence-corrected chi connectivity index (χ4v) is 6.98. The number of carbonyl (C=O) groups is 2. The van der Waals surface area contributed by atoms with Gasteiger partial charge in [0.25, 0.3) is 0 Å². The summed E-state index contributed by atoms with van der Waals surface area (Å²) in [5.74, 6) is 2.10. The number of carbonyl (C=O) groups excluding carboxylic acids is 2. The van der Waals surface area contributed by atoms with E-state index in [1.54, 1.807) is 24.0 Å². The molecule has 6 nitrogen and oxygen atoms in total. The first-order valence-corrected chi connectivity index (χ1v) is 16.6. The van der Waals surface area contributed by atoms with Crippen molar-refractivity contribution in [2.75, 3.05) is 53.5 Å². The normalized spacial score (nSPS) is 17.2. The van der Waals surface area contributed by atoms with Gasteiger partial charge in [0.15, 0.2) is 11.6 Å². The van der Waals surface area contributed by atoms with Crippen LogP contribution in [0.1, 0.15) is 97.8 Å². The van der Waals surface area contributed by atoms with Gasteiger partial charge in [-0.25, -0.2) is 0 Å². The monoisotopic (exact) mass is 684 g/mol. The van der Waals surface area contributed by atoms with E-state index in [2.05, 4.69) is 0 Å². The Bertz CT molecular complexity index is 997. The number of benzene rings is 2. The molecule has 2 unspecified atom stereocenters. The molecule has 2 aromatic carbocycles. The predicted octanol–water partition coefficient (Wildman–Crippen LogP) is -1.09. The van der Waals surface area contributed by atoms with Crippen LogP contribution in [0.4, 0.5) is 0 Å². The molecule has 2 aliphatic heterocycles. The summed E-state index contributed by atoms with van der Waals surface area (Å²) in [6, 6.07) is 15.2. The van der Waals surface area contributed by atoms with E-state index in [0.717, 1.165) is 61.4 Å². The molecule has 2 aromatic rings. The summed E-state index contributed by atoms with van der Waals surface area (Å²) < 4.78 is 10.6. The molecule has 9 heteroatoms. The molecule has 2 aliphatic rings. The maximum absolute atomic E-state index is 13.8. The zero-order valence-electron chi connectivity index (χ0n) is 27.3. The Kier molecular flexibility index (Phi) is 20.7. The van der Waals surface area contributed by atoms with E-state index >= 15 is 0 Å². The molecule has 254 valence electrons. The van der Waals surface area contributed by atoms with Gasteiger partial charge in [0, 0.05) is 11.1 Å². The van der Waals surface area contributed by atoms with Crippen molar-refractivity contribution < 1.29 is 53.7 Å². The van der Waals surface area contributed by atoms with E-state index in [4.69, 9.17) is 9.47 Å². The van der Waals surface area contributed by atoms with E-state index in [1.165, 1.54) is 77.5 Å². The largest absolute Gasteiger partial charge is 1.00 e. The smallest absolute Gasteiger partial charge is 0.171 e. The number of methoxy groups -OCH3 is 2. The number of unbranched alkanes of at least 4 members (excludes halogenated alkanes) is 1. The minimum atomic E-state index is 0. The quantitative estimate of drug-likeness (QED) is 0.185. The highest BCUT2D eigenvalue weighted by molar-refractivity contribution is 5.98. The van der Waals surface area contributed by atoms with Crippen LogP contribution in [0.2, 0.25) is 0 Å². The van der Waals surface area contributed by atoms with Crippen molar-refractivity contribution in [3.05, 3.63) is 59.7 Å². The van der Waals surface area contributed by atoms with Gasteiger partial charge in [-0.1, -0.05) is 12.8 Å². The van der Waals surface area contributed by atoms with E-state index in [0.29, 0.717) is 0 Å². The Morgan fingerprint density at radius 1 is 0.578 bits per heavy atom. The fraction of sp³-hybridized carbons (Fsp3) is 0.611. The zero-order valence-corrected chi connectivity index (χ0v) is 29.6. The van der Waals surface area contributed by atoms with Crippen LogP contribution in [0, 0.1) is 11.8 Å². The molecule has 45 heavy (non-hydrogen) atoms. The fourth-order valence-electron chi connectivity index (χ4n) is 6.98. The first-order chi connectivity index (χ1) is 20.6. The maximum atomic E-state index is 13.8. The van der Waals surface area contributed by atoms with Crippen molar-refractivity contribution in [3.63, 3.8) is 0 Å². The highest BCUT2D eigenvalue weighted by atomic mass is 35.5. The van der Waals surface area contributed by atoms with Gasteiger partial charge < -0.3 is 44.1 Å². The average Bonchev–Trinajstić information content (AvgIpc) is 3.46. The van der Waals surface area contributed by atoms with Crippen molar-refractivity contribution in [1.29, 1.82) is 0 Å². The Hall–Kier alpha value is -1.83. The predicted molar refractivity (Wildman–Crippen MR) is 175 cm³/mol. The molecular formula is C36H55Cl3N2O4. The molecule has 0 saturated carbocycles. The molecule has 2 atom stereocenters. The lowest BCUT2D eigenvalue weighted by Gasteiger charge is -2.25. The van der Waals surface area contributed by atoms with E-state index in [1.807, 2.05) is 48.5 Å². The van der Waals surface area contributed by atoms with Crippen molar-refractivity contribution in [1.82, 2.24) is 0 Å². The van der Waals surface area contributed by atoms with Crippen LogP contribution in [-0.2, 0) is 0 Å². The molecule has 0 bridgehead atoms. The molecule has 0 aliphatic carbocycles. The number of hydrogen-bond donors (Lipinski definition) is 2. The number of hydrogen-bond acceptors (Lipinski definition) is 4. The van der Waals surface area contributed by atoms with Gasteiger partial charge in [-0.15, -0.1) is 12.4 Å². The van der Waals surface area contributed by atoms with Crippen LogP contribution in [-0.4, -0.2) is 65.1 Å². The second-order valence-electron chi connectivity index (χ2n) is 12.6. The summed E-state index contributed by atoms with van der Waals surface area (Å²) in [6.45, 7) is 6.51. The maximum Gasteiger partial charge on any atom is 0.171 e. The second-order valence-corrected chi connectivity index (χ2v) is 12.6. The Morgan fingerprint density at radius 3 is 1.18 bits per heavy atom.